The Morgan fingerprint density at radius 3 is 1.75 bits per heavy atom. The molecule has 0 aromatic heterocycles. The van der Waals surface area contributed by atoms with Crippen LogP contribution in [-0.2, 0) is 0 Å². The number of hydrogen-bond donors (Lipinski definition) is 3. The van der Waals surface area contributed by atoms with Crippen molar-refractivity contribution in [2.45, 2.75) is 66.8 Å². The smallest absolute Gasteiger partial charge is 0.259 e. The van der Waals surface area contributed by atoms with Gasteiger partial charge in [-0.3, -0.25) is 14.4 Å². The topological polar surface area (TPSA) is 129 Å². The molecule has 0 spiro atoms. The fraction of sp³-hybridized carbons (Fsp3) is 0.323. The maximum atomic E-state index is 13.6. The molecule has 0 aliphatic carbocycles. The minimum Gasteiger partial charge on any atom is -0.489 e. The highest BCUT2D eigenvalue weighted by atomic mass is 16.5. The van der Waals surface area contributed by atoms with Gasteiger partial charge in [0.15, 0.2) is 17.3 Å². The number of rotatable bonds is 11. The molecule has 0 aliphatic rings. The molecule has 4 N–H and O–H groups in total. The van der Waals surface area contributed by atoms with Gasteiger partial charge in [-0.15, -0.1) is 0 Å². The first-order chi connectivity index (χ1) is 18.8. The third kappa shape index (κ3) is 7.75. The minimum atomic E-state index is -0.482. The zero-order valence-electron chi connectivity index (χ0n) is 24.0. The van der Waals surface area contributed by atoms with Crippen LogP contribution in [0.2, 0.25) is 0 Å². The summed E-state index contributed by atoms with van der Waals surface area (Å²) in [5, 5.41) is 5.73. The van der Waals surface area contributed by atoms with E-state index in [4.69, 9.17) is 19.9 Å². The lowest BCUT2D eigenvalue weighted by Gasteiger charge is -2.23. The van der Waals surface area contributed by atoms with Gasteiger partial charge in [0.05, 0.1) is 35.3 Å². The molecular formula is C31H37N3O6. The summed E-state index contributed by atoms with van der Waals surface area (Å²) in [6.07, 6.45) is -0.781. The number of carbonyl (C=O) groups excluding carboxylic acids is 3. The fourth-order valence-corrected chi connectivity index (χ4v) is 3.76. The van der Waals surface area contributed by atoms with Crippen LogP contribution >= 0.6 is 0 Å². The number of amides is 2. The predicted molar refractivity (Wildman–Crippen MR) is 157 cm³/mol. The van der Waals surface area contributed by atoms with E-state index < -0.39 is 5.91 Å². The van der Waals surface area contributed by atoms with Crippen molar-refractivity contribution >= 4 is 34.7 Å². The number of nitrogens with one attached hydrogen (secondary N) is 2. The van der Waals surface area contributed by atoms with Gasteiger partial charge in [-0.2, -0.15) is 0 Å². The first-order valence-electron chi connectivity index (χ1n) is 13.2. The second-order valence-corrected chi connectivity index (χ2v) is 10.1. The van der Waals surface area contributed by atoms with Crippen LogP contribution in [0.1, 0.15) is 79.5 Å². The van der Waals surface area contributed by atoms with Crippen LogP contribution in [0.25, 0.3) is 0 Å². The molecule has 40 heavy (non-hydrogen) atoms. The highest BCUT2D eigenvalue weighted by molar-refractivity contribution is 6.10. The van der Waals surface area contributed by atoms with Crippen LogP contribution in [0.4, 0.5) is 17.1 Å². The third-order valence-electron chi connectivity index (χ3n) is 5.48. The van der Waals surface area contributed by atoms with Gasteiger partial charge in [0, 0.05) is 16.8 Å². The molecule has 0 fully saturated rings. The van der Waals surface area contributed by atoms with Crippen molar-refractivity contribution in [2.24, 2.45) is 0 Å². The molecule has 9 heteroatoms. The molecule has 0 radical (unpaired) electrons. The van der Waals surface area contributed by atoms with E-state index in [1.54, 1.807) is 54.6 Å². The summed E-state index contributed by atoms with van der Waals surface area (Å²) in [7, 11) is 0. The third-order valence-corrected chi connectivity index (χ3v) is 5.48. The molecule has 2 amide bonds. The second-order valence-electron chi connectivity index (χ2n) is 10.1. The van der Waals surface area contributed by atoms with Crippen molar-refractivity contribution in [3.8, 4) is 17.2 Å². The largest absolute Gasteiger partial charge is 0.489 e. The monoisotopic (exact) mass is 547 g/mol. The SMILES string of the molecule is CC(=O)c1ccc(NC(=O)c2ccc(NC(=O)c3ccc(N)cc3)c(OC(C)C)c2OC(C)C)c(OC(C)C)c1. The van der Waals surface area contributed by atoms with Crippen LogP contribution in [0.15, 0.2) is 54.6 Å². The molecule has 3 aromatic carbocycles. The molecule has 0 atom stereocenters. The number of nitrogen functional groups attached to an aromatic ring is 1. The van der Waals surface area contributed by atoms with Crippen LogP contribution in [0, 0.1) is 0 Å². The zero-order chi connectivity index (χ0) is 29.6. The Labute approximate surface area is 235 Å². The van der Waals surface area contributed by atoms with Gasteiger partial charge in [0.2, 0.25) is 0 Å². The Bertz CT molecular complexity index is 1380. The molecule has 3 aromatic rings. The van der Waals surface area contributed by atoms with E-state index in [1.807, 2.05) is 41.5 Å². The minimum absolute atomic E-state index is 0.119. The van der Waals surface area contributed by atoms with E-state index in [9.17, 15) is 14.4 Å². The number of hydrogen-bond acceptors (Lipinski definition) is 7. The van der Waals surface area contributed by atoms with Crippen LogP contribution < -0.4 is 30.6 Å². The summed E-state index contributed by atoms with van der Waals surface area (Å²) < 4.78 is 18.1. The Kier molecular flexibility index (Phi) is 9.77. The quantitative estimate of drug-likeness (QED) is 0.189. The van der Waals surface area contributed by atoms with Crippen molar-refractivity contribution in [3.05, 3.63) is 71.3 Å². The maximum Gasteiger partial charge on any atom is 0.259 e. The molecule has 0 saturated heterocycles. The number of Topliss-reactive ketones (excluding diaryl/α,β-unsaturated/α-hetero) is 1. The fourth-order valence-electron chi connectivity index (χ4n) is 3.76. The van der Waals surface area contributed by atoms with Crippen molar-refractivity contribution in [1.29, 1.82) is 0 Å². The van der Waals surface area contributed by atoms with Gasteiger partial charge < -0.3 is 30.6 Å². The Hall–Kier alpha value is -4.53. The van der Waals surface area contributed by atoms with Crippen molar-refractivity contribution in [3.63, 3.8) is 0 Å². The van der Waals surface area contributed by atoms with Crippen molar-refractivity contribution in [1.82, 2.24) is 0 Å². The lowest BCUT2D eigenvalue weighted by Crippen LogP contribution is -2.20. The zero-order valence-corrected chi connectivity index (χ0v) is 24.0. The van der Waals surface area contributed by atoms with Gasteiger partial charge in [0.1, 0.15) is 5.75 Å². The summed E-state index contributed by atoms with van der Waals surface area (Å²) >= 11 is 0. The Balaban J connectivity index is 2.05. The summed E-state index contributed by atoms with van der Waals surface area (Å²) in [5.74, 6) is -0.194. The van der Waals surface area contributed by atoms with Gasteiger partial charge in [-0.1, -0.05) is 0 Å². The van der Waals surface area contributed by atoms with Crippen LogP contribution in [-0.4, -0.2) is 35.9 Å². The molecule has 0 saturated carbocycles. The van der Waals surface area contributed by atoms with Gasteiger partial charge in [-0.25, -0.2) is 0 Å². The average Bonchev–Trinajstić information content (AvgIpc) is 2.86. The number of carbonyl (C=O) groups is 3. The van der Waals surface area contributed by atoms with Crippen molar-refractivity contribution in [2.75, 3.05) is 16.4 Å². The lowest BCUT2D eigenvalue weighted by atomic mass is 10.1. The Morgan fingerprint density at radius 2 is 1.18 bits per heavy atom. The summed E-state index contributed by atoms with van der Waals surface area (Å²) in [4.78, 5) is 38.5. The van der Waals surface area contributed by atoms with E-state index in [0.29, 0.717) is 33.9 Å². The Morgan fingerprint density at radius 1 is 0.650 bits per heavy atom. The van der Waals surface area contributed by atoms with E-state index >= 15 is 0 Å². The number of anilines is 3. The molecular weight excluding hydrogens is 510 g/mol. The predicted octanol–water partition coefficient (Wildman–Crippen LogP) is 6.34. The molecule has 3 rings (SSSR count). The molecule has 0 bridgehead atoms. The normalized spacial score (nSPS) is 10.9. The van der Waals surface area contributed by atoms with Gasteiger partial charge >= 0.3 is 0 Å². The maximum absolute atomic E-state index is 13.6. The standard InChI is InChI=1S/C31H37N3O6/c1-17(2)38-27-16-22(20(7)35)10-14-25(27)33-31(37)24-13-15-26(29(40-19(5)6)28(24)39-18(3)4)34-30(36)21-8-11-23(32)12-9-21/h8-19H,32H2,1-7H3,(H,33,37)(H,34,36). The summed E-state index contributed by atoms with van der Waals surface area (Å²) in [6.45, 7) is 12.5. The van der Waals surface area contributed by atoms with Gasteiger partial charge in [-0.05, 0) is 103 Å². The highest BCUT2D eigenvalue weighted by Gasteiger charge is 2.25. The molecule has 0 aliphatic heterocycles. The molecule has 0 heterocycles. The number of benzene rings is 3. The molecule has 9 nitrogen and oxygen atoms in total. The average molecular weight is 548 g/mol. The highest BCUT2D eigenvalue weighted by Crippen LogP contribution is 2.41. The first kappa shape index (κ1) is 30.0. The van der Waals surface area contributed by atoms with Crippen molar-refractivity contribution < 1.29 is 28.6 Å². The van der Waals surface area contributed by atoms with Crippen LogP contribution in [0.5, 0.6) is 17.2 Å². The van der Waals surface area contributed by atoms with Crippen LogP contribution in [0.3, 0.4) is 0 Å². The number of ether oxygens (including phenoxy) is 3. The van der Waals surface area contributed by atoms with E-state index in [-0.39, 0.29) is 47.1 Å². The summed E-state index contributed by atoms with van der Waals surface area (Å²) in [6, 6.07) is 14.5. The second kappa shape index (κ2) is 13.0. The van der Waals surface area contributed by atoms with E-state index in [2.05, 4.69) is 10.6 Å². The van der Waals surface area contributed by atoms with E-state index in [1.165, 1.54) is 6.92 Å². The summed E-state index contributed by atoms with van der Waals surface area (Å²) in [5.41, 5.74) is 8.10. The molecule has 0 unspecified atom stereocenters. The first-order valence-corrected chi connectivity index (χ1v) is 13.2. The van der Waals surface area contributed by atoms with E-state index in [0.717, 1.165) is 0 Å². The number of ketones is 1. The molecule has 212 valence electrons. The number of nitrogens with two attached hydrogens (primary N) is 1. The lowest BCUT2D eigenvalue weighted by molar-refractivity contribution is 0.101. The van der Waals surface area contributed by atoms with Gasteiger partial charge in [0.25, 0.3) is 11.8 Å².